The first kappa shape index (κ1) is 8.84. The maximum absolute atomic E-state index is 9.09. The van der Waals surface area contributed by atoms with Gasteiger partial charge in [0.05, 0.1) is 0 Å². The monoisotopic (exact) mass is 93.0 g/mol. The predicted octanol–water partition coefficient (Wildman–Crippen LogP) is 0.631. The first-order valence-electron chi connectivity index (χ1n) is 0.716. The summed E-state index contributed by atoms with van der Waals surface area (Å²) in [5.41, 5.74) is 4.34. The zero-order valence-corrected chi connectivity index (χ0v) is 2.83. The van der Waals surface area contributed by atoms with E-state index in [2.05, 4.69) is 18.4 Å². The van der Waals surface area contributed by atoms with Crippen molar-refractivity contribution in [3.63, 3.8) is 0 Å². The summed E-state index contributed by atoms with van der Waals surface area (Å²) in [5, 5.41) is -0.639. The van der Waals surface area contributed by atoms with Gasteiger partial charge in [-0.15, -0.1) is 0 Å². The highest BCUT2D eigenvalue weighted by Crippen LogP contribution is 1.60. The Morgan fingerprint density at radius 1 is 1.80 bits per heavy atom. The molecule has 1 amide bonds. The lowest BCUT2D eigenvalue weighted by molar-refractivity contribution is 0.267. The molecule has 0 aromatic rings. The smallest absolute Gasteiger partial charge is 0.273 e. The van der Waals surface area contributed by atoms with Crippen molar-refractivity contribution in [2.45, 2.75) is 7.43 Å². The minimum atomic E-state index is -0.639. The molecule has 0 heterocycles. The second-order valence-electron chi connectivity index (χ2n) is 0.338. The van der Waals surface area contributed by atoms with E-state index in [1.807, 2.05) is 0 Å². The van der Waals surface area contributed by atoms with Crippen molar-refractivity contribution < 1.29 is 4.79 Å². The average molecular weight is 93.2 g/mol. The van der Waals surface area contributed by atoms with E-state index < -0.39 is 5.24 Å². The molecule has 0 aliphatic heterocycles. The molecule has 0 spiro atoms. The minimum Gasteiger partial charge on any atom is -0.361 e. The van der Waals surface area contributed by atoms with Gasteiger partial charge >= 0.3 is 0 Å². The van der Waals surface area contributed by atoms with E-state index >= 15 is 0 Å². The average Bonchev–Trinajstić information content (AvgIpc) is 0.811. The van der Waals surface area contributed by atoms with Crippen molar-refractivity contribution in [3.8, 4) is 0 Å². The van der Waals surface area contributed by atoms with Gasteiger partial charge in [0.15, 0.2) is 0 Å². The zero-order valence-electron chi connectivity index (χ0n) is 1.93. The summed E-state index contributed by atoms with van der Waals surface area (Å²) in [6.45, 7) is 0. The van der Waals surface area contributed by atoms with Crippen LogP contribution in [-0.2, 0) is 0 Å². The normalized spacial score (nSPS) is 5.00. The highest BCUT2D eigenvalue weighted by molar-refractivity contribution is 7.96. The summed E-state index contributed by atoms with van der Waals surface area (Å²) in [7, 11) is 0. The molecule has 0 aromatic carbocycles. The highest BCUT2D eigenvalue weighted by atomic mass is 32.1. The quantitative estimate of drug-likeness (QED) is 0.424. The van der Waals surface area contributed by atoms with E-state index in [-0.39, 0.29) is 7.43 Å². The van der Waals surface area contributed by atoms with Gasteiger partial charge in [0.2, 0.25) is 0 Å². The summed E-state index contributed by atoms with van der Waals surface area (Å²) < 4.78 is 0. The molecule has 0 aliphatic rings. The van der Waals surface area contributed by atoms with Gasteiger partial charge in [-0.3, -0.25) is 4.79 Å². The van der Waals surface area contributed by atoms with Crippen LogP contribution in [0.5, 0.6) is 0 Å². The Morgan fingerprint density at radius 2 is 1.80 bits per heavy atom. The molecule has 0 saturated carbocycles. The fourth-order valence-electron chi connectivity index (χ4n) is 0. The molecule has 32 valence electrons. The molecule has 2 N–H and O–H groups in total. The number of nitrogens with two attached hydrogens (primary N) is 1. The molecule has 0 fully saturated rings. The maximum atomic E-state index is 9.09. The Bertz CT molecular complexity index is 32.6. The van der Waals surface area contributed by atoms with Gasteiger partial charge in [0.25, 0.3) is 5.24 Å². The SMILES string of the molecule is C.NC(=O)S. The van der Waals surface area contributed by atoms with Crippen LogP contribution in [0.1, 0.15) is 7.43 Å². The van der Waals surface area contributed by atoms with Crippen LogP contribution in [0, 0.1) is 0 Å². The van der Waals surface area contributed by atoms with Crippen LogP contribution in [0.15, 0.2) is 0 Å². The summed E-state index contributed by atoms with van der Waals surface area (Å²) in [4.78, 5) is 9.09. The van der Waals surface area contributed by atoms with Gasteiger partial charge in [0.1, 0.15) is 0 Å². The number of primary amides is 1. The molecule has 0 unspecified atom stereocenters. The lowest BCUT2D eigenvalue weighted by Crippen LogP contribution is -1.95. The molecule has 0 radical (unpaired) electrons. The Labute approximate surface area is 36.8 Å². The van der Waals surface area contributed by atoms with E-state index in [4.69, 9.17) is 4.79 Å². The first-order valence-corrected chi connectivity index (χ1v) is 1.16. The molecule has 0 atom stereocenters. The molecular formula is C2H7NOS. The summed E-state index contributed by atoms with van der Waals surface area (Å²) in [5.74, 6) is 0. The summed E-state index contributed by atoms with van der Waals surface area (Å²) >= 11 is 3.10. The fraction of sp³-hybridized carbons (Fsp3) is 0.500. The zero-order chi connectivity index (χ0) is 3.58. The number of hydrogen-bond donors (Lipinski definition) is 2. The standard InChI is InChI=1S/CH3NOS.CH4/c2-1(3)4;/h(H3,2,3,4);1H4. The van der Waals surface area contributed by atoms with E-state index in [9.17, 15) is 0 Å². The molecule has 0 aromatic heterocycles. The van der Waals surface area contributed by atoms with E-state index in [0.717, 1.165) is 0 Å². The van der Waals surface area contributed by atoms with Crippen molar-refractivity contribution in [1.29, 1.82) is 0 Å². The highest BCUT2D eigenvalue weighted by Gasteiger charge is 1.63. The number of carbonyl (C=O) groups is 1. The van der Waals surface area contributed by atoms with Crippen LogP contribution in [0.25, 0.3) is 0 Å². The van der Waals surface area contributed by atoms with Gasteiger partial charge in [0, 0.05) is 0 Å². The number of rotatable bonds is 0. The number of thiol groups is 1. The molecule has 5 heavy (non-hydrogen) atoms. The van der Waals surface area contributed by atoms with E-state index in [0.29, 0.717) is 0 Å². The van der Waals surface area contributed by atoms with Crippen LogP contribution in [0.4, 0.5) is 4.79 Å². The third-order valence-electron chi connectivity index (χ3n) is 0. The molecule has 0 saturated heterocycles. The lowest BCUT2D eigenvalue weighted by Gasteiger charge is -1.58. The van der Waals surface area contributed by atoms with Crippen molar-refractivity contribution in [2.75, 3.05) is 0 Å². The largest absolute Gasteiger partial charge is 0.361 e. The molecule has 0 rings (SSSR count). The van der Waals surface area contributed by atoms with Crippen molar-refractivity contribution in [3.05, 3.63) is 0 Å². The second kappa shape index (κ2) is 3.82. The lowest BCUT2D eigenvalue weighted by atomic mass is 11.5. The number of carbonyl (C=O) groups excluding carboxylic acids is 1. The van der Waals surface area contributed by atoms with Crippen LogP contribution < -0.4 is 5.73 Å². The van der Waals surface area contributed by atoms with Gasteiger partial charge in [-0.1, -0.05) is 20.1 Å². The van der Waals surface area contributed by atoms with Crippen LogP contribution in [-0.4, -0.2) is 5.24 Å². The number of hydrogen-bond acceptors (Lipinski definition) is 1. The number of amides is 1. The summed E-state index contributed by atoms with van der Waals surface area (Å²) in [6.07, 6.45) is 0. The van der Waals surface area contributed by atoms with Gasteiger partial charge in [-0.25, -0.2) is 0 Å². The Balaban J connectivity index is 0. The van der Waals surface area contributed by atoms with Crippen molar-refractivity contribution in [1.82, 2.24) is 0 Å². The third-order valence-corrected chi connectivity index (χ3v) is 0. The summed E-state index contributed by atoms with van der Waals surface area (Å²) in [6, 6.07) is 0. The Morgan fingerprint density at radius 3 is 1.80 bits per heavy atom. The topological polar surface area (TPSA) is 43.1 Å². The second-order valence-corrected chi connectivity index (χ2v) is 0.779. The molecule has 0 aliphatic carbocycles. The predicted molar refractivity (Wildman–Crippen MR) is 25.3 cm³/mol. The van der Waals surface area contributed by atoms with Crippen LogP contribution in [0.3, 0.4) is 0 Å². The van der Waals surface area contributed by atoms with Crippen LogP contribution in [0.2, 0.25) is 0 Å². The third kappa shape index (κ3) is 391. The first-order chi connectivity index (χ1) is 1.73. The fourth-order valence-corrected chi connectivity index (χ4v) is 0. The van der Waals surface area contributed by atoms with Crippen molar-refractivity contribution in [2.24, 2.45) is 5.73 Å². The maximum Gasteiger partial charge on any atom is 0.273 e. The Hall–Kier alpha value is -0.180. The van der Waals surface area contributed by atoms with Gasteiger partial charge in [-0.2, -0.15) is 0 Å². The van der Waals surface area contributed by atoms with Gasteiger partial charge in [-0.05, 0) is 0 Å². The Kier molecular flexibility index (Phi) is 6.76. The molecular weight excluding hydrogens is 86.1 g/mol. The molecule has 2 nitrogen and oxygen atoms in total. The van der Waals surface area contributed by atoms with E-state index in [1.54, 1.807) is 0 Å². The molecule has 0 bridgehead atoms. The minimum absolute atomic E-state index is 0. The van der Waals surface area contributed by atoms with Crippen molar-refractivity contribution >= 4 is 17.9 Å². The van der Waals surface area contributed by atoms with E-state index in [1.165, 1.54) is 0 Å². The van der Waals surface area contributed by atoms with Gasteiger partial charge < -0.3 is 5.73 Å². The molecule has 3 heteroatoms. The van der Waals surface area contributed by atoms with Crippen LogP contribution >= 0.6 is 12.6 Å².